The lowest BCUT2D eigenvalue weighted by atomic mass is 9.96. The Balaban J connectivity index is 0.585. The van der Waals surface area contributed by atoms with Gasteiger partial charge >= 0.3 is 0 Å². The molecule has 0 fully saturated rings. The standard InChI is InChI=1S/C114H68N10S2/c1-6-26-70(27-7-1)83-43-24-47-97-107(83)89-41-16-19-45-95(89)121(97)81-55-58-85-91-65-93-88-57-54-76(62-104(88)126-106(93)68-102(91)124(99(85)63-81)80-39-23-37-78(61-80)114-119-111(74-32-12-4-13-33-74)116-112(120-114)75-34-14-5-15-35-75)69-50-52-71(53-51-69)84-44-25-48-98-108(84)90-42-17-20-46-96(90)122(98)82-56-59-86-92-67-105-94(87-40-18-21-49-103(87)125-105)66-101(92)123(100(86)64-82)79-38-22-36-77(60-79)113-117-109(72-28-8-2-9-29-72)115-110(118-113)73-30-10-3-11-31-73/h1-68H. The lowest BCUT2D eigenvalue weighted by Crippen LogP contribution is -2.01. The van der Waals surface area contributed by atoms with Gasteiger partial charge in [-0.05, 0) is 143 Å². The molecule has 0 aliphatic heterocycles. The van der Waals surface area contributed by atoms with Gasteiger partial charge in [-0.3, -0.25) is 0 Å². The zero-order chi connectivity index (χ0) is 82.6. The summed E-state index contributed by atoms with van der Waals surface area (Å²) in [5.41, 5.74) is 25.6. The molecular weight excluding hydrogens is 1570 g/mol. The van der Waals surface area contributed by atoms with Gasteiger partial charge in [0.15, 0.2) is 34.9 Å². The van der Waals surface area contributed by atoms with Gasteiger partial charge in [0.1, 0.15) is 0 Å². The summed E-state index contributed by atoms with van der Waals surface area (Å²) in [6.07, 6.45) is 0. The Hall–Kier alpha value is -16.4. The molecule has 0 atom stereocenters. The van der Waals surface area contributed by atoms with E-state index in [4.69, 9.17) is 29.9 Å². The molecule has 0 bridgehead atoms. The first kappa shape index (κ1) is 71.4. The summed E-state index contributed by atoms with van der Waals surface area (Å²) in [6.45, 7) is 0. The van der Waals surface area contributed by atoms with E-state index in [1.807, 2.05) is 95.5 Å². The summed E-state index contributed by atoms with van der Waals surface area (Å²) in [6, 6.07) is 149. The first-order valence-electron chi connectivity index (χ1n) is 42.4. The monoisotopic (exact) mass is 1640 g/mol. The fourth-order valence-corrected chi connectivity index (χ4v) is 21.8. The van der Waals surface area contributed by atoms with Crippen LogP contribution in [0, 0.1) is 0 Å². The third kappa shape index (κ3) is 11.5. The molecule has 0 saturated heterocycles. The van der Waals surface area contributed by atoms with Crippen molar-refractivity contribution in [2.45, 2.75) is 0 Å². The minimum atomic E-state index is 0.597. The lowest BCUT2D eigenvalue weighted by Gasteiger charge is -2.13. The molecule has 12 heteroatoms. The maximum Gasteiger partial charge on any atom is 0.164 e. The van der Waals surface area contributed by atoms with Crippen molar-refractivity contribution in [1.29, 1.82) is 0 Å². The Kier molecular flexibility index (Phi) is 16.2. The Bertz CT molecular complexity index is 8840. The first-order chi connectivity index (χ1) is 62.4. The molecule has 10 nitrogen and oxygen atoms in total. The van der Waals surface area contributed by atoms with Crippen LogP contribution in [-0.4, -0.2) is 48.2 Å². The Morgan fingerprint density at radius 1 is 0.151 bits per heavy atom. The average Bonchev–Trinajstić information content (AvgIpc) is 1.56. The average molecular weight is 1640 g/mol. The molecule has 18 aromatic carbocycles. The molecule has 0 amide bonds. The van der Waals surface area contributed by atoms with Crippen LogP contribution in [0.15, 0.2) is 413 Å². The highest BCUT2D eigenvalue weighted by Crippen LogP contribution is 2.49. The summed E-state index contributed by atoms with van der Waals surface area (Å²) in [5, 5.41) is 14.5. The van der Waals surface area contributed by atoms with Crippen molar-refractivity contribution >= 4 is 150 Å². The molecule has 0 N–H and O–H groups in total. The number of fused-ring (bicyclic) bond motifs is 18. The van der Waals surface area contributed by atoms with Crippen LogP contribution in [0.25, 0.3) is 252 Å². The van der Waals surface area contributed by atoms with Crippen LogP contribution in [0.4, 0.5) is 0 Å². The van der Waals surface area contributed by atoms with E-state index >= 15 is 0 Å². The SMILES string of the molecule is c1ccc(-c2nc(-c3ccccc3)nc(-c3cccc(-n4c5cc(-n6c7ccccc7c7c(-c8ccccc8)cccc76)ccc5c5cc6c(cc54)sc4cc(-c5ccc(-c7cccc8c7c7ccccc7n8-c7ccc8c9cc%10sc%11ccccc%11c%10cc9n(-c9cccc(-c%10nc(-c%11ccccc%11)nc(-c%11ccccc%11)n%10)c9)c8c7)cc5)ccc46)c3)n2)cc1. The number of aromatic nitrogens is 10. The van der Waals surface area contributed by atoms with Gasteiger partial charge in [-0.1, -0.05) is 303 Å². The van der Waals surface area contributed by atoms with Crippen molar-refractivity contribution in [3.8, 4) is 124 Å². The first-order valence-corrected chi connectivity index (χ1v) is 44.1. The fourth-order valence-electron chi connectivity index (χ4n) is 19.5. The molecule has 8 aromatic heterocycles. The van der Waals surface area contributed by atoms with Crippen LogP contribution in [0.5, 0.6) is 0 Å². The number of para-hydroxylation sites is 2. The van der Waals surface area contributed by atoms with E-state index in [1.54, 1.807) is 0 Å². The van der Waals surface area contributed by atoms with Gasteiger partial charge in [0.2, 0.25) is 0 Å². The molecule has 26 rings (SSSR count). The Labute approximate surface area is 730 Å². The minimum Gasteiger partial charge on any atom is -0.309 e. The number of hydrogen-bond acceptors (Lipinski definition) is 8. The van der Waals surface area contributed by atoms with E-state index in [0.29, 0.717) is 34.9 Å². The number of thiophene rings is 2. The van der Waals surface area contributed by atoms with Crippen molar-refractivity contribution in [1.82, 2.24) is 48.2 Å². The van der Waals surface area contributed by atoms with Crippen molar-refractivity contribution in [2.24, 2.45) is 0 Å². The van der Waals surface area contributed by atoms with Gasteiger partial charge in [-0.15, -0.1) is 22.7 Å². The molecule has 0 aliphatic rings. The number of rotatable bonds is 13. The van der Waals surface area contributed by atoms with Gasteiger partial charge in [0.25, 0.3) is 0 Å². The van der Waals surface area contributed by atoms with Gasteiger partial charge in [-0.2, -0.15) is 0 Å². The maximum absolute atomic E-state index is 5.24. The lowest BCUT2D eigenvalue weighted by molar-refractivity contribution is 1.07. The largest absolute Gasteiger partial charge is 0.309 e. The van der Waals surface area contributed by atoms with E-state index in [-0.39, 0.29) is 0 Å². The van der Waals surface area contributed by atoms with Gasteiger partial charge in [0, 0.05) is 140 Å². The smallest absolute Gasteiger partial charge is 0.164 e. The third-order valence-electron chi connectivity index (χ3n) is 25.2. The van der Waals surface area contributed by atoms with E-state index < -0.39 is 0 Å². The van der Waals surface area contributed by atoms with Gasteiger partial charge in [0.05, 0.1) is 44.1 Å². The molecule has 586 valence electrons. The summed E-state index contributed by atoms with van der Waals surface area (Å²) in [4.78, 5) is 31.0. The highest BCUT2D eigenvalue weighted by atomic mass is 32.1. The quantitative estimate of drug-likeness (QED) is 0.114. The van der Waals surface area contributed by atoms with Gasteiger partial charge < -0.3 is 18.3 Å². The molecule has 0 saturated carbocycles. The van der Waals surface area contributed by atoms with Gasteiger partial charge in [-0.25, -0.2) is 29.9 Å². The number of hydrogen-bond donors (Lipinski definition) is 0. The normalized spacial score (nSPS) is 12.0. The van der Waals surface area contributed by atoms with Crippen molar-refractivity contribution in [2.75, 3.05) is 0 Å². The van der Waals surface area contributed by atoms with E-state index in [2.05, 4.69) is 358 Å². The summed E-state index contributed by atoms with van der Waals surface area (Å²) in [5.74, 6) is 3.68. The Morgan fingerprint density at radius 2 is 0.476 bits per heavy atom. The van der Waals surface area contributed by atoms with E-state index in [1.165, 1.54) is 94.7 Å². The summed E-state index contributed by atoms with van der Waals surface area (Å²) >= 11 is 3.70. The highest BCUT2D eigenvalue weighted by Gasteiger charge is 2.26. The summed E-state index contributed by atoms with van der Waals surface area (Å²) < 4.78 is 14.8. The van der Waals surface area contributed by atoms with Crippen LogP contribution < -0.4 is 0 Å². The van der Waals surface area contributed by atoms with Crippen molar-refractivity contribution in [3.63, 3.8) is 0 Å². The second-order valence-corrected chi connectivity index (χ2v) is 34.6. The maximum atomic E-state index is 5.24. The number of nitrogens with zero attached hydrogens (tertiary/aromatic N) is 10. The van der Waals surface area contributed by atoms with E-state index in [0.717, 1.165) is 122 Å². The topological polar surface area (TPSA) is 97.1 Å². The molecule has 0 unspecified atom stereocenters. The third-order valence-corrected chi connectivity index (χ3v) is 27.5. The fraction of sp³-hybridized carbons (Fsp3) is 0. The highest BCUT2D eigenvalue weighted by molar-refractivity contribution is 7.26. The molecule has 26 aromatic rings. The molecule has 8 heterocycles. The molecule has 0 spiro atoms. The second-order valence-electron chi connectivity index (χ2n) is 32.4. The van der Waals surface area contributed by atoms with Crippen LogP contribution in [0.3, 0.4) is 0 Å². The molecule has 126 heavy (non-hydrogen) atoms. The second kappa shape index (κ2) is 28.6. The Morgan fingerprint density at radius 3 is 0.984 bits per heavy atom. The molecular formula is C114H68N10S2. The van der Waals surface area contributed by atoms with Crippen LogP contribution in [0.2, 0.25) is 0 Å². The predicted molar refractivity (Wildman–Crippen MR) is 525 cm³/mol. The van der Waals surface area contributed by atoms with E-state index in [9.17, 15) is 0 Å². The van der Waals surface area contributed by atoms with Crippen LogP contribution >= 0.6 is 22.7 Å². The molecule has 0 radical (unpaired) electrons. The number of benzene rings is 18. The zero-order valence-electron chi connectivity index (χ0n) is 67.5. The summed E-state index contributed by atoms with van der Waals surface area (Å²) in [7, 11) is 0. The zero-order valence-corrected chi connectivity index (χ0v) is 69.2. The van der Waals surface area contributed by atoms with Crippen molar-refractivity contribution in [3.05, 3.63) is 413 Å². The minimum absolute atomic E-state index is 0.597. The van der Waals surface area contributed by atoms with Crippen molar-refractivity contribution < 1.29 is 0 Å². The van der Waals surface area contributed by atoms with Crippen LogP contribution in [-0.2, 0) is 0 Å². The van der Waals surface area contributed by atoms with Crippen LogP contribution in [0.1, 0.15) is 0 Å². The molecule has 0 aliphatic carbocycles. The predicted octanol–water partition coefficient (Wildman–Crippen LogP) is 30.2.